The van der Waals surface area contributed by atoms with Crippen LogP contribution in [0.25, 0.3) is 0 Å². The Morgan fingerprint density at radius 2 is 0.795 bits per heavy atom. The van der Waals surface area contributed by atoms with Gasteiger partial charge in [0.15, 0.2) is 0 Å². The van der Waals surface area contributed by atoms with Gasteiger partial charge in [0.2, 0.25) is 0 Å². The van der Waals surface area contributed by atoms with Crippen LogP contribution in [0.1, 0.15) is 107 Å². The summed E-state index contributed by atoms with van der Waals surface area (Å²) in [5.74, 6) is 0. The molecular weight excluding hydrogens is 470 g/mol. The maximum atomic E-state index is 2.46. The summed E-state index contributed by atoms with van der Waals surface area (Å²) in [6.45, 7) is 6.60. The zero-order chi connectivity index (χ0) is 27.3. The number of allylic oxidation sites excluding steroid dienone is 1. The fourth-order valence-electron chi connectivity index (χ4n) is 5.83. The molecule has 0 aliphatic rings. The van der Waals surface area contributed by atoms with Crippen molar-refractivity contribution in [1.82, 2.24) is 0 Å². The average molecular weight is 525 g/mol. The van der Waals surface area contributed by atoms with E-state index in [9.17, 15) is 0 Å². The zero-order valence-corrected chi connectivity index (χ0v) is 24.8. The largest absolute Gasteiger partial charge is 0.312 e. The number of nitrogens with zero attached hydrogens (tertiary/aromatic N) is 1. The minimum absolute atomic E-state index is 1.04. The number of rotatable bonds is 21. The lowest BCUT2D eigenvalue weighted by molar-refractivity contribution is -0.965. The minimum atomic E-state index is 1.04. The summed E-state index contributed by atoms with van der Waals surface area (Å²) in [4.78, 5) is 0. The van der Waals surface area contributed by atoms with E-state index in [-0.39, 0.29) is 0 Å². The Kier molecular flexibility index (Phi) is 15.4. The molecule has 0 N–H and O–H groups in total. The highest BCUT2D eigenvalue weighted by atomic mass is 15.3. The van der Waals surface area contributed by atoms with Gasteiger partial charge in [-0.05, 0) is 12.8 Å². The first-order valence-electron chi connectivity index (χ1n) is 15.9. The van der Waals surface area contributed by atoms with E-state index in [1.54, 1.807) is 0 Å². The summed E-state index contributed by atoms with van der Waals surface area (Å²) >= 11 is 0. The Hall–Kier alpha value is -2.64. The van der Waals surface area contributed by atoms with E-state index in [1.165, 1.54) is 93.7 Å². The fourth-order valence-corrected chi connectivity index (χ4v) is 5.83. The van der Waals surface area contributed by atoms with Gasteiger partial charge in [-0.2, -0.15) is 0 Å². The van der Waals surface area contributed by atoms with Crippen molar-refractivity contribution >= 4 is 0 Å². The van der Waals surface area contributed by atoms with E-state index in [0.29, 0.717) is 0 Å². The first kappa shape index (κ1) is 30.9. The van der Waals surface area contributed by atoms with Crippen LogP contribution in [0.5, 0.6) is 0 Å². The van der Waals surface area contributed by atoms with Crippen LogP contribution in [-0.2, 0) is 19.6 Å². The lowest BCUT2D eigenvalue weighted by Gasteiger charge is -2.39. The predicted molar refractivity (Wildman–Crippen MR) is 170 cm³/mol. The van der Waals surface area contributed by atoms with Gasteiger partial charge in [-0.3, -0.25) is 0 Å². The summed E-state index contributed by atoms with van der Waals surface area (Å²) in [7, 11) is 0. The second-order valence-corrected chi connectivity index (χ2v) is 11.6. The number of quaternary nitrogens is 1. The SMILES string of the molecule is CCCCCCCCCCCCC/C=C/CC[N+](Cc1ccccc1)(Cc1ccccc1)Cc1ccccc1. The molecule has 0 amide bonds. The molecule has 3 aromatic carbocycles. The topological polar surface area (TPSA) is 0 Å². The highest BCUT2D eigenvalue weighted by Gasteiger charge is 2.28. The van der Waals surface area contributed by atoms with E-state index in [4.69, 9.17) is 0 Å². The van der Waals surface area contributed by atoms with Crippen molar-refractivity contribution in [2.45, 2.75) is 110 Å². The Balaban J connectivity index is 1.50. The highest BCUT2D eigenvalue weighted by molar-refractivity contribution is 5.17. The number of hydrogen-bond donors (Lipinski definition) is 0. The third-order valence-electron chi connectivity index (χ3n) is 7.99. The monoisotopic (exact) mass is 524 g/mol. The number of benzene rings is 3. The molecule has 0 aromatic heterocycles. The van der Waals surface area contributed by atoms with Gasteiger partial charge < -0.3 is 4.48 Å². The van der Waals surface area contributed by atoms with Gasteiger partial charge in [0.25, 0.3) is 0 Å². The van der Waals surface area contributed by atoms with Crippen molar-refractivity contribution in [2.75, 3.05) is 6.54 Å². The van der Waals surface area contributed by atoms with Gasteiger partial charge in [0.05, 0.1) is 6.54 Å². The summed E-state index contributed by atoms with van der Waals surface area (Å²) in [6.07, 6.45) is 22.8. The first-order valence-corrected chi connectivity index (χ1v) is 15.9. The van der Waals surface area contributed by atoms with Crippen molar-refractivity contribution < 1.29 is 4.48 Å². The first-order chi connectivity index (χ1) is 19.3. The van der Waals surface area contributed by atoms with Gasteiger partial charge in [-0.15, -0.1) is 0 Å². The smallest absolute Gasteiger partial charge is 0.105 e. The van der Waals surface area contributed by atoms with Gasteiger partial charge in [-0.1, -0.05) is 174 Å². The fraction of sp³-hybridized carbons (Fsp3) is 0.474. The van der Waals surface area contributed by atoms with Crippen molar-refractivity contribution in [2.24, 2.45) is 0 Å². The molecule has 0 atom stereocenters. The highest BCUT2D eigenvalue weighted by Crippen LogP contribution is 2.25. The maximum Gasteiger partial charge on any atom is 0.105 e. The van der Waals surface area contributed by atoms with Crippen LogP contribution in [0, 0.1) is 0 Å². The summed E-state index contributed by atoms with van der Waals surface area (Å²) in [5.41, 5.74) is 4.28. The zero-order valence-electron chi connectivity index (χ0n) is 24.8. The molecule has 210 valence electrons. The molecule has 0 saturated heterocycles. The Bertz CT molecular complexity index is 891. The van der Waals surface area contributed by atoms with Crippen LogP contribution in [0.4, 0.5) is 0 Å². The van der Waals surface area contributed by atoms with Crippen molar-refractivity contribution in [3.8, 4) is 0 Å². The third kappa shape index (κ3) is 13.3. The summed E-state index contributed by atoms with van der Waals surface area (Å²) < 4.78 is 1.04. The molecule has 1 nitrogen and oxygen atoms in total. The molecule has 0 fully saturated rings. The molecule has 0 aliphatic carbocycles. The van der Waals surface area contributed by atoms with Crippen LogP contribution in [0.2, 0.25) is 0 Å². The Morgan fingerprint density at radius 1 is 0.436 bits per heavy atom. The number of hydrogen-bond acceptors (Lipinski definition) is 0. The molecule has 0 bridgehead atoms. The van der Waals surface area contributed by atoms with Crippen LogP contribution in [0.15, 0.2) is 103 Å². The van der Waals surface area contributed by atoms with Gasteiger partial charge in [0.1, 0.15) is 19.6 Å². The predicted octanol–water partition coefficient (Wildman–Crippen LogP) is 11.1. The minimum Gasteiger partial charge on any atom is -0.312 e. The third-order valence-corrected chi connectivity index (χ3v) is 7.99. The van der Waals surface area contributed by atoms with Crippen LogP contribution < -0.4 is 0 Å². The van der Waals surface area contributed by atoms with Gasteiger partial charge in [-0.25, -0.2) is 0 Å². The average Bonchev–Trinajstić information content (AvgIpc) is 2.97. The molecule has 0 heterocycles. The standard InChI is InChI=1S/C38H54N/c1-2-3-4-5-6-7-8-9-10-11-12-13-14-15-25-32-39(33-36-26-19-16-20-27-36,34-37-28-21-17-22-29-37)35-38-30-23-18-24-31-38/h14-24,26-31H,2-13,25,32-35H2,1H3/q+1/b15-14+. The van der Waals surface area contributed by atoms with Crippen LogP contribution in [-0.4, -0.2) is 11.0 Å². The number of unbranched alkanes of at least 4 members (excludes halogenated alkanes) is 11. The van der Waals surface area contributed by atoms with E-state index < -0.39 is 0 Å². The quantitative estimate of drug-likeness (QED) is 0.0738. The Labute approximate surface area is 240 Å². The summed E-state index contributed by atoms with van der Waals surface area (Å²) in [5, 5.41) is 0. The van der Waals surface area contributed by atoms with Crippen molar-refractivity contribution in [3.63, 3.8) is 0 Å². The van der Waals surface area contributed by atoms with Gasteiger partial charge >= 0.3 is 0 Å². The van der Waals surface area contributed by atoms with Crippen LogP contribution in [0.3, 0.4) is 0 Å². The van der Waals surface area contributed by atoms with E-state index in [0.717, 1.165) is 37.1 Å². The molecule has 0 spiro atoms. The van der Waals surface area contributed by atoms with E-state index >= 15 is 0 Å². The normalized spacial score (nSPS) is 11.8. The molecule has 0 aliphatic heterocycles. The molecular formula is C38H54N+. The summed E-state index contributed by atoms with van der Waals surface area (Å²) in [6, 6.07) is 33.3. The molecule has 0 unspecified atom stereocenters. The van der Waals surface area contributed by atoms with E-state index in [1.807, 2.05) is 0 Å². The Morgan fingerprint density at radius 3 is 1.21 bits per heavy atom. The molecule has 0 radical (unpaired) electrons. The molecule has 3 rings (SSSR count). The van der Waals surface area contributed by atoms with Gasteiger partial charge in [0, 0.05) is 23.1 Å². The second-order valence-electron chi connectivity index (χ2n) is 11.6. The molecule has 3 aromatic rings. The second kappa shape index (κ2) is 19.4. The van der Waals surface area contributed by atoms with Crippen molar-refractivity contribution in [3.05, 3.63) is 120 Å². The van der Waals surface area contributed by atoms with Crippen LogP contribution >= 0.6 is 0 Å². The lowest BCUT2D eigenvalue weighted by Crippen LogP contribution is -2.46. The molecule has 0 saturated carbocycles. The molecule has 1 heteroatoms. The van der Waals surface area contributed by atoms with E-state index in [2.05, 4.69) is 110 Å². The maximum absolute atomic E-state index is 2.46. The lowest BCUT2D eigenvalue weighted by atomic mass is 10.0. The van der Waals surface area contributed by atoms with Crippen molar-refractivity contribution in [1.29, 1.82) is 0 Å². The molecule has 39 heavy (non-hydrogen) atoms.